The fourth-order valence-corrected chi connectivity index (χ4v) is 2.82. The average molecular weight is 323 g/mol. The minimum absolute atomic E-state index is 0.117. The molecule has 5 nitrogen and oxygen atoms in total. The summed E-state index contributed by atoms with van der Waals surface area (Å²) >= 11 is 0. The van der Waals surface area contributed by atoms with E-state index >= 15 is 0 Å². The molecule has 1 atom stereocenters. The van der Waals surface area contributed by atoms with Crippen LogP contribution in [-0.4, -0.2) is 15.8 Å². The van der Waals surface area contributed by atoms with Crippen LogP contribution in [0.15, 0.2) is 65.4 Å². The molecule has 0 aliphatic carbocycles. The van der Waals surface area contributed by atoms with Gasteiger partial charge in [-0.3, -0.25) is 9.78 Å². The number of pyridine rings is 1. The molecule has 1 aliphatic rings. The van der Waals surface area contributed by atoms with Gasteiger partial charge in [-0.25, -0.2) is 4.39 Å². The lowest BCUT2D eigenvalue weighted by atomic mass is 10.2. The lowest BCUT2D eigenvalue weighted by Crippen LogP contribution is -2.31. The van der Waals surface area contributed by atoms with E-state index in [1.165, 1.54) is 12.1 Å². The van der Waals surface area contributed by atoms with E-state index in [1.807, 2.05) is 6.07 Å². The van der Waals surface area contributed by atoms with Crippen LogP contribution in [0.2, 0.25) is 0 Å². The highest BCUT2D eigenvalue weighted by Crippen LogP contribution is 2.34. The van der Waals surface area contributed by atoms with Gasteiger partial charge >= 0.3 is 0 Å². The van der Waals surface area contributed by atoms with Gasteiger partial charge in [0.25, 0.3) is 5.91 Å². The Labute approximate surface area is 137 Å². The maximum atomic E-state index is 13.1. The van der Waals surface area contributed by atoms with Crippen LogP contribution in [-0.2, 0) is 6.54 Å². The molecule has 3 heterocycles. The summed E-state index contributed by atoms with van der Waals surface area (Å²) in [6.07, 6.45) is 2.79. The SMILES string of the molecule is O=C1c2cccnc2[C@@H](Nc2ccc(F)cc2)N1Cc1ccco1. The molecule has 6 heteroatoms. The van der Waals surface area contributed by atoms with Gasteiger partial charge in [-0.1, -0.05) is 0 Å². The zero-order valence-electron chi connectivity index (χ0n) is 12.6. The zero-order valence-corrected chi connectivity index (χ0v) is 12.6. The number of benzene rings is 1. The number of anilines is 1. The van der Waals surface area contributed by atoms with Gasteiger partial charge in [-0.2, -0.15) is 0 Å². The summed E-state index contributed by atoms with van der Waals surface area (Å²) in [6.45, 7) is 0.320. The van der Waals surface area contributed by atoms with Crippen molar-refractivity contribution in [1.29, 1.82) is 0 Å². The Morgan fingerprint density at radius 3 is 2.75 bits per heavy atom. The summed E-state index contributed by atoms with van der Waals surface area (Å²) in [5.41, 5.74) is 1.92. The topological polar surface area (TPSA) is 58.4 Å². The number of carbonyl (C=O) groups is 1. The molecular weight excluding hydrogens is 309 g/mol. The molecule has 0 fully saturated rings. The minimum Gasteiger partial charge on any atom is -0.467 e. The monoisotopic (exact) mass is 323 g/mol. The summed E-state index contributed by atoms with van der Waals surface area (Å²) < 4.78 is 18.5. The third kappa shape index (κ3) is 2.52. The van der Waals surface area contributed by atoms with E-state index in [4.69, 9.17) is 4.42 Å². The van der Waals surface area contributed by atoms with Gasteiger partial charge in [-0.15, -0.1) is 0 Å². The third-order valence-corrected chi connectivity index (χ3v) is 3.95. The van der Waals surface area contributed by atoms with Gasteiger partial charge in [0.05, 0.1) is 24.1 Å². The maximum Gasteiger partial charge on any atom is 0.258 e. The van der Waals surface area contributed by atoms with Crippen LogP contribution in [0.5, 0.6) is 0 Å². The molecule has 0 unspecified atom stereocenters. The summed E-state index contributed by atoms with van der Waals surface area (Å²) in [5.74, 6) is 0.255. The summed E-state index contributed by atoms with van der Waals surface area (Å²) in [6, 6.07) is 13.1. The van der Waals surface area contributed by atoms with Gasteiger partial charge in [-0.05, 0) is 48.5 Å². The number of nitrogens with zero attached hydrogens (tertiary/aromatic N) is 2. The van der Waals surface area contributed by atoms with E-state index in [2.05, 4.69) is 10.3 Å². The predicted molar refractivity (Wildman–Crippen MR) is 85.6 cm³/mol. The Morgan fingerprint density at radius 2 is 2.00 bits per heavy atom. The highest BCUT2D eigenvalue weighted by molar-refractivity contribution is 5.98. The molecule has 1 amide bonds. The number of furan rings is 1. The van der Waals surface area contributed by atoms with Gasteiger partial charge in [0.15, 0.2) is 0 Å². The van der Waals surface area contributed by atoms with Crippen molar-refractivity contribution < 1.29 is 13.6 Å². The van der Waals surface area contributed by atoms with E-state index in [0.717, 1.165) is 0 Å². The van der Waals surface area contributed by atoms with Crippen molar-refractivity contribution in [2.45, 2.75) is 12.7 Å². The highest BCUT2D eigenvalue weighted by Gasteiger charge is 2.38. The molecule has 2 aromatic heterocycles. The average Bonchev–Trinajstić information content (AvgIpc) is 3.20. The zero-order chi connectivity index (χ0) is 16.5. The van der Waals surface area contributed by atoms with Crippen LogP contribution >= 0.6 is 0 Å². The van der Waals surface area contributed by atoms with Gasteiger partial charge < -0.3 is 14.6 Å². The van der Waals surface area contributed by atoms with Crippen molar-refractivity contribution >= 4 is 11.6 Å². The van der Waals surface area contributed by atoms with E-state index in [9.17, 15) is 9.18 Å². The first-order valence-electron chi connectivity index (χ1n) is 7.53. The Kier molecular flexibility index (Phi) is 3.49. The van der Waals surface area contributed by atoms with Crippen molar-refractivity contribution in [3.05, 3.63) is 83.8 Å². The largest absolute Gasteiger partial charge is 0.467 e. The van der Waals surface area contributed by atoms with E-state index < -0.39 is 6.17 Å². The highest BCUT2D eigenvalue weighted by atomic mass is 19.1. The summed E-state index contributed by atoms with van der Waals surface area (Å²) in [4.78, 5) is 18.7. The normalized spacial score (nSPS) is 16.3. The van der Waals surface area contributed by atoms with Crippen molar-refractivity contribution in [2.24, 2.45) is 0 Å². The maximum absolute atomic E-state index is 13.1. The molecule has 0 radical (unpaired) electrons. The smallest absolute Gasteiger partial charge is 0.258 e. The van der Waals surface area contributed by atoms with Gasteiger partial charge in [0, 0.05) is 11.9 Å². The van der Waals surface area contributed by atoms with Crippen LogP contribution in [0.4, 0.5) is 10.1 Å². The second-order valence-electron chi connectivity index (χ2n) is 5.50. The van der Waals surface area contributed by atoms with Crippen LogP contribution < -0.4 is 5.32 Å². The standard InChI is InChI=1S/C18H14FN3O2/c19-12-5-7-13(8-6-12)21-17-16-15(4-1-9-20-16)18(23)22(17)11-14-3-2-10-24-14/h1-10,17,21H,11H2/t17-/m0/s1. The number of carbonyl (C=O) groups excluding carboxylic acids is 1. The summed E-state index contributed by atoms with van der Waals surface area (Å²) in [5, 5.41) is 3.25. The van der Waals surface area contributed by atoms with Crippen LogP contribution in [0, 0.1) is 5.82 Å². The number of aromatic nitrogens is 1. The molecule has 0 saturated carbocycles. The second kappa shape index (κ2) is 5.81. The van der Waals surface area contributed by atoms with Gasteiger partial charge in [0.1, 0.15) is 17.7 Å². The van der Waals surface area contributed by atoms with Gasteiger partial charge in [0.2, 0.25) is 0 Å². The Morgan fingerprint density at radius 1 is 1.17 bits per heavy atom. The molecule has 1 N–H and O–H groups in total. The lowest BCUT2D eigenvalue weighted by Gasteiger charge is -2.25. The van der Waals surface area contributed by atoms with Crippen molar-refractivity contribution in [1.82, 2.24) is 9.88 Å². The second-order valence-corrected chi connectivity index (χ2v) is 5.50. The minimum atomic E-state index is -0.440. The van der Waals surface area contributed by atoms with Crippen molar-refractivity contribution in [2.75, 3.05) is 5.32 Å². The predicted octanol–water partition coefficient (Wildman–Crippen LogP) is 3.58. The number of hydrogen-bond donors (Lipinski definition) is 1. The number of halogens is 1. The first-order valence-corrected chi connectivity index (χ1v) is 7.53. The molecule has 120 valence electrons. The van der Waals surface area contributed by atoms with E-state index in [0.29, 0.717) is 29.2 Å². The van der Waals surface area contributed by atoms with Crippen LogP contribution in [0.1, 0.15) is 28.0 Å². The Bertz CT molecular complexity index is 862. The first-order chi connectivity index (χ1) is 11.7. The molecule has 1 aromatic carbocycles. The van der Waals surface area contributed by atoms with Crippen molar-refractivity contribution in [3.8, 4) is 0 Å². The third-order valence-electron chi connectivity index (χ3n) is 3.95. The molecule has 4 rings (SSSR count). The number of amides is 1. The quantitative estimate of drug-likeness (QED) is 0.797. The van der Waals surface area contributed by atoms with Crippen molar-refractivity contribution in [3.63, 3.8) is 0 Å². The Hall–Kier alpha value is -3.15. The van der Waals surface area contributed by atoms with E-state index in [-0.39, 0.29) is 11.7 Å². The summed E-state index contributed by atoms with van der Waals surface area (Å²) in [7, 11) is 0. The first kappa shape index (κ1) is 14.4. The number of rotatable bonds is 4. The molecule has 0 spiro atoms. The fraction of sp³-hybridized carbons (Fsp3) is 0.111. The molecule has 24 heavy (non-hydrogen) atoms. The Balaban J connectivity index is 1.68. The molecule has 0 saturated heterocycles. The molecular formula is C18H14FN3O2. The number of nitrogens with one attached hydrogen (secondary N) is 1. The fourth-order valence-electron chi connectivity index (χ4n) is 2.82. The van der Waals surface area contributed by atoms with Crippen LogP contribution in [0.3, 0.4) is 0 Å². The number of fused-ring (bicyclic) bond motifs is 1. The van der Waals surface area contributed by atoms with E-state index in [1.54, 1.807) is 47.7 Å². The van der Waals surface area contributed by atoms with Crippen LogP contribution in [0.25, 0.3) is 0 Å². The lowest BCUT2D eigenvalue weighted by molar-refractivity contribution is 0.0714. The number of hydrogen-bond acceptors (Lipinski definition) is 4. The molecule has 1 aliphatic heterocycles. The molecule has 0 bridgehead atoms. The molecule has 3 aromatic rings.